The summed E-state index contributed by atoms with van der Waals surface area (Å²) >= 11 is 0. The third-order valence-electron chi connectivity index (χ3n) is 2.24. The van der Waals surface area contributed by atoms with Crippen LogP contribution >= 0.6 is 0 Å². The maximum atomic E-state index is 11.6. The van der Waals surface area contributed by atoms with Crippen LogP contribution < -0.4 is 10.0 Å². The van der Waals surface area contributed by atoms with Crippen LogP contribution in [0.2, 0.25) is 0 Å². The normalized spacial score (nSPS) is 13.5. The molecule has 0 atom stereocenters. The fourth-order valence-corrected chi connectivity index (χ4v) is 2.50. The molecule has 0 amide bonds. The fourth-order valence-electron chi connectivity index (χ4n) is 1.03. The maximum Gasteiger partial charge on any atom is 0.213 e. The molecule has 0 heterocycles. The van der Waals surface area contributed by atoms with Crippen molar-refractivity contribution in [1.82, 2.24) is 10.0 Å². The van der Waals surface area contributed by atoms with E-state index < -0.39 is 10.0 Å². The lowest BCUT2D eigenvalue weighted by Crippen LogP contribution is -2.45. The van der Waals surface area contributed by atoms with Gasteiger partial charge in [-0.3, -0.25) is 0 Å². The lowest BCUT2D eigenvalue weighted by atomic mass is 10.0. The van der Waals surface area contributed by atoms with Gasteiger partial charge in [0.1, 0.15) is 0 Å². The molecule has 5 heteroatoms. The van der Waals surface area contributed by atoms with E-state index in [0.29, 0.717) is 12.6 Å². The van der Waals surface area contributed by atoms with E-state index in [9.17, 15) is 8.42 Å². The molecule has 2 N–H and O–H groups in total. The fraction of sp³-hybridized carbons (Fsp3) is 1.00. The zero-order valence-electron chi connectivity index (χ0n) is 10.4. The van der Waals surface area contributed by atoms with E-state index in [4.69, 9.17) is 0 Å². The van der Waals surface area contributed by atoms with Gasteiger partial charge < -0.3 is 5.32 Å². The summed E-state index contributed by atoms with van der Waals surface area (Å²) in [7, 11) is -3.16. The van der Waals surface area contributed by atoms with Crippen molar-refractivity contribution in [2.45, 2.75) is 52.6 Å². The first-order chi connectivity index (χ1) is 6.68. The van der Waals surface area contributed by atoms with E-state index >= 15 is 0 Å². The minimum absolute atomic E-state index is 0.134. The van der Waals surface area contributed by atoms with Gasteiger partial charge in [0.15, 0.2) is 0 Å². The molecule has 4 nitrogen and oxygen atoms in total. The number of nitrogens with one attached hydrogen (secondary N) is 2. The lowest BCUT2D eigenvalue weighted by molar-refractivity contribution is 0.438. The first-order valence-corrected chi connectivity index (χ1v) is 7.09. The molecule has 0 aromatic rings. The standard InChI is InChI=1S/C10H24N2O2S/c1-6-10(4,5)12-15(13,14)8-7-11-9(2)3/h9,11-12H,6-8H2,1-5H3. The van der Waals surface area contributed by atoms with E-state index in [1.165, 1.54) is 0 Å². The van der Waals surface area contributed by atoms with E-state index in [-0.39, 0.29) is 11.3 Å². The molecular formula is C10H24N2O2S. The van der Waals surface area contributed by atoms with Crippen molar-refractivity contribution in [2.24, 2.45) is 0 Å². The summed E-state index contributed by atoms with van der Waals surface area (Å²) in [6.45, 7) is 10.2. The minimum Gasteiger partial charge on any atom is -0.313 e. The molecule has 0 rings (SSSR count). The Morgan fingerprint density at radius 2 is 1.80 bits per heavy atom. The van der Waals surface area contributed by atoms with Crippen LogP contribution in [0.25, 0.3) is 0 Å². The van der Waals surface area contributed by atoms with Gasteiger partial charge in [0, 0.05) is 18.1 Å². The highest BCUT2D eigenvalue weighted by molar-refractivity contribution is 7.89. The Morgan fingerprint density at radius 3 is 2.20 bits per heavy atom. The predicted octanol–water partition coefficient (Wildman–Crippen LogP) is 1.09. The summed E-state index contributed by atoms with van der Waals surface area (Å²) in [5, 5.41) is 3.09. The topological polar surface area (TPSA) is 58.2 Å². The third-order valence-corrected chi connectivity index (χ3v) is 3.84. The average molecular weight is 236 g/mol. The SMILES string of the molecule is CCC(C)(C)NS(=O)(=O)CCNC(C)C. The molecule has 0 aliphatic carbocycles. The van der Waals surface area contributed by atoms with E-state index in [0.717, 1.165) is 6.42 Å². The second-order valence-electron chi connectivity index (χ2n) is 4.77. The summed E-state index contributed by atoms with van der Waals surface area (Å²) in [6.07, 6.45) is 0.782. The van der Waals surface area contributed by atoms with Gasteiger partial charge in [-0.15, -0.1) is 0 Å². The summed E-state index contributed by atoms with van der Waals surface area (Å²) in [6, 6.07) is 0.319. The van der Waals surface area contributed by atoms with Crippen LogP contribution in [-0.2, 0) is 10.0 Å². The summed E-state index contributed by atoms with van der Waals surface area (Å²) in [5.41, 5.74) is -0.351. The van der Waals surface area contributed by atoms with Crippen LogP contribution in [0.4, 0.5) is 0 Å². The van der Waals surface area contributed by atoms with Gasteiger partial charge >= 0.3 is 0 Å². The molecule has 0 aliphatic rings. The summed E-state index contributed by atoms with van der Waals surface area (Å²) < 4.78 is 26.0. The largest absolute Gasteiger partial charge is 0.313 e. The van der Waals surface area contributed by atoms with Crippen LogP contribution in [0.5, 0.6) is 0 Å². The van der Waals surface area contributed by atoms with Crippen molar-refractivity contribution in [1.29, 1.82) is 0 Å². The molecule has 92 valence electrons. The van der Waals surface area contributed by atoms with Crippen molar-refractivity contribution in [3.05, 3.63) is 0 Å². The zero-order chi connectivity index (χ0) is 12.1. The van der Waals surface area contributed by atoms with Crippen molar-refractivity contribution < 1.29 is 8.42 Å². The number of sulfonamides is 1. The number of hydrogen-bond donors (Lipinski definition) is 2. The quantitative estimate of drug-likeness (QED) is 0.696. The Labute approximate surface area is 93.9 Å². The van der Waals surface area contributed by atoms with Gasteiger partial charge in [-0.25, -0.2) is 13.1 Å². The second-order valence-corrected chi connectivity index (χ2v) is 6.61. The Bertz CT molecular complexity index is 271. The molecule has 0 radical (unpaired) electrons. The van der Waals surface area contributed by atoms with Crippen LogP contribution in [0.15, 0.2) is 0 Å². The first-order valence-electron chi connectivity index (χ1n) is 5.43. The Balaban J connectivity index is 4.09. The van der Waals surface area contributed by atoms with Gasteiger partial charge in [0.2, 0.25) is 10.0 Å². The number of hydrogen-bond acceptors (Lipinski definition) is 3. The predicted molar refractivity (Wildman–Crippen MR) is 64.4 cm³/mol. The van der Waals surface area contributed by atoms with E-state index in [1.807, 2.05) is 34.6 Å². The van der Waals surface area contributed by atoms with Crippen LogP contribution in [0, 0.1) is 0 Å². The average Bonchev–Trinajstić information content (AvgIpc) is 2.01. The second kappa shape index (κ2) is 5.82. The molecule has 0 unspecified atom stereocenters. The Kier molecular flexibility index (Phi) is 5.77. The van der Waals surface area contributed by atoms with Gasteiger partial charge in [-0.2, -0.15) is 0 Å². The van der Waals surface area contributed by atoms with Crippen LogP contribution in [0.3, 0.4) is 0 Å². The molecule has 0 aromatic heterocycles. The molecule has 0 aromatic carbocycles. The van der Waals surface area contributed by atoms with Crippen molar-refractivity contribution >= 4 is 10.0 Å². The van der Waals surface area contributed by atoms with Crippen LogP contribution in [0.1, 0.15) is 41.0 Å². The van der Waals surface area contributed by atoms with Crippen molar-refractivity contribution in [3.63, 3.8) is 0 Å². The minimum atomic E-state index is -3.16. The molecule has 0 spiro atoms. The van der Waals surface area contributed by atoms with Crippen LogP contribution in [-0.4, -0.2) is 32.3 Å². The molecule has 0 saturated carbocycles. The maximum absolute atomic E-state index is 11.6. The van der Waals surface area contributed by atoms with Gasteiger partial charge in [-0.05, 0) is 20.3 Å². The van der Waals surface area contributed by atoms with E-state index in [1.54, 1.807) is 0 Å². The van der Waals surface area contributed by atoms with Crippen molar-refractivity contribution in [3.8, 4) is 0 Å². The number of rotatable bonds is 7. The monoisotopic (exact) mass is 236 g/mol. The Hall–Kier alpha value is -0.130. The molecule has 0 saturated heterocycles. The molecule has 0 bridgehead atoms. The highest BCUT2D eigenvalue weighted by Gasteiger charge is 2.22. The summed E-state index contributed by atoms with van der Waals surface area (Å²) in [5.74, 6) is 0.134. The highest BCUT2D eigenvalue weighted by Crippen LogP contribution is 2.08. The molecule has 0 fully saturated rings. The third kappa shape index (κ3) is 7.76. The lowest BCUT2D eigenvalue weighted by Gasteiger charge is -2.24. The zero-order valence-corrected chi connectivity index (χ0v) is 11.2. The smallest absolute Gasteiger partial charge is 0.213 e. The molecule has 15 heavy (non-hydrogen) atoms. The van der Waals surface area contributed by atoms with Crippen molar-refractivity contribution in [2.75, 3.05) is 12.3 Å². The van der Waals surface area contributed by atoms with Gasteiger partial charge in [0.05, 0.1) is 5.75 Å². The first kappa shape index (κ1) is 14.9. The molecular weight excluding hydrogens is 212 g/mol. The van der Waals surface area contributed by atoms with Gasteiger partial charge in [0.25, 0.3) is 0 Å². The summed E-state index contributed by atoms with van der Waals surface area (Å²) in [4.78, 5) is 0. The molecule has 0 aliphatic heterocycles. The highest BCUT2D eigenvalue weighted by atomic mass is 32.2. The Morgan fingerprint density at radius 1 is 1.27 bits per heavy atom. The van der Waals surface area contributed by atoms with Gasteiger partial charge in [-0.1, -0.05) is 20.8 Å². The van der Waals surface area contributed by atoms with E-state index in [2.05, 4.69) is 10.0 Å².